The zero-order valence-corrected chi connectivity index (χ0v) is 8.79. The van der Waals surface area contributed by atoms with Gasteiger partial charge in [0.25, 0.3) is 0 Å². The normalized spacial score (nSPS) is 23.1. The van der Waals surface area contributed by atoms with E-state index in [1.54, 1.807) is 0 Å². The molecule has 0 atom stereocenters. The van der Waals surface area contributed by atoms with Gasteiger partial charge in [-0.25, -0.2) is 0 Å². The molecule has 3 heteroatoms. The minimum atomic E-state index is 0.0909. The molecule has 2 aliphatic rings. The summed E-state index contributed by atoms with van der Waals surface area (Å²) in [4.78, 5) is 13.9. The highest BCUT2D eigenvalue weighted by Gasteiger charge is 2.47. The molecule has 0 aromatic heterocycles. The summed E-state index contributed by atoms with van der Waals surface area (Å²) >= 11 is 0. The third-order valence-corrected chi connectivity index (χ3v) is 3.42. The van der Waals surface area contributed by atoms with Crippen LogP contribution in [0.2, 0.25) is 0 Å². The number of anilines is 1. The second kappa shape index (κ2) is 2.83. The van der Waals surface area contributed by atoms with Gasteiger partial charge in [0.2, 0.25) is 5.91 Å². The highest BCUT2D eigenvalue weighted by Crippen LogP contribution is 2.43. The molecular weight excluding hydrogens is 188 g/mol. The number of rotatable bonds is 0. The lowest BCUT2D eigenvalue weighted by molar-refractivity contribution is -0.119. The fourth-order valence-corrected chi connectivity index (χ4v) is 2.92. The van der Waals surface area contributed by atoms with Gasteiger partial charge >= 0.3 is 0 Å². The Labute approximate surface area is 89.1 Å². The predicted octanol–water partition coefficient (Wildman–Crippen LogP) is 1.21. The number of hydrogen-bond donors (Lipinski definition) is 1. The fourth-order valence-electron chi connectivity index (χ4n) is 2.92. The van der Waals surface area contributed by atoms with Crippen LogP contribution < -0.4 is 5.32 Å². The van der Waals surface area contributed by atoms with Crippen LogP contribution in [-0.4, -0.2) is 30.9 Å². The second-order valence-electron chi connectivity index (χ2n) is 4.72. The SMILES string of the molecule is CN1CC2(CC(=O)Nc3ccccc32)C1. The number of fused-ring (bicyclic) bond motifs is 2. The summed E-state index contributed by atoms with van der Waals surface area (Å²) in [6.45, 7) is 1.99. The number of nitrogens with zero attached hydrogens (tertiary/aromatic N) is 1. The summed E-state index contributed by atoms with van der Waals surface area (Å²) < 4.78 is 0. The molecule has 2 heterocycles. The minimum Gasteiger partial charge on any atom is -0.326 e. The lowest BCUT2D eigenvalue weighted by atomic mass is 9.69. The topological polar surface area (TPSA) is 32.3 Å². The van der Waals surface area contributed by atoms with Crippen LogP contribution in [0.15, 0.2) is 24.3 Å². The molecule has 2 aliphatic heterocycles. The maximum absolute atomic E-state index is 11.6. The first kappa shape index (κ1) is 8.92. The van der Waals surface area contributed by atoms with Gasteiger partial charge in [-0.15, -0.1) is 0 Å². The van der Waals surface area contributed by atoms with E-state index in [1.807, 2.05) is 12.1 Å². The molecule has 1 saturated heterocycles. The first-order valence-corrected chi connectivity index (χ1v) is 5.28. The van der Waals surface area contributed by atoms with Gasteiger partial charge in [-0.2, -0.15) is 0 Å². The second-order valence-corrected chi connectivity index (χ2v) is 4.72. The number of para-hydroxylation sites is 1. The summed E-state index contributed by atoms with van der Waals surface area (Å²) in [5, 5.41) is 2.94. The molecule has 0 saturated carbocycles. The summed E-state index contributed by atoms with van der Waals surface area (Å²) in [5.74, 6) is 0.154. The number of hydrogen-bond acceptors (Lipinski definition) is 2. The fraction of sp³-hybridized carbons (Fsp3) is 0.417. The van der Waals surface area contributed by atoms with Gasteiger partial charge in [0.05, 0.1) is 0 Å². The molecule has 1 fully saturated rings. The van der Waals surface area contributed by atoms with Crippen LogP contribution in [0.5, 0.6) is 0 Å². The van der Waals surface area contributed by atoms with E-state index >= 15 is 0 Å². The van der Waals surface area contributed by atoms with Crippen LogP contribution in [0.1, 0.15) is 12.0 Å². The third kappa shape index (κ3) is 1.20. The van der Waals surface area contributed by atoms with Crippen molar-refractivity contribution in [3.05, 3.63) is 29.8 Å². The number of carbonyl (C=O) groups excluding carboxylic acids is 1. The minimum absolute atomic E-state index is 0.0909. The van der Waals surface area contributed by atoms with Crippen molar-refractivity contribution in [1.29, 1.82) is 0 Å². The number of likely N-dealkylation sites (tertiary alicyclic amines) is 1. The van der Waals surface area contributed by atoms with Gasteiger partial charge in [0.1, 0.15) is 0 Å². The van der Waals surface area contributed by atoms with E-state index in [1.165, 1.54) is 5.56 Å². The first-order valence-electron chi connectivity index (χ1n) is 5.28. The van der Waals surface area contributed by atoms with Crippen LogP contribution >= 0.6 is 0 Å². The summed E-state index contributed by atoms with van der Waals surface area (Å²) in [7, 11) is 2.10. The van der Waals surface area contributed by atoms with Crippen molar-refractivity contribution in [3.63, 3.8) is 0 Å². The Morgan fingerprint density at radius 3 is 2.80 bits per heavy atom. The molecule has 1 N–H and O–H groups in total. The van der Waals surface area contributed by atoms with E-state index in [2.05, 4.69) is 29.4 Å². The Kier molecular flexibility index (Phi) is 1.68. The molecular formula is C12H14N2O. The van der Waals surface area contributed by atoms with Crippen LogP contribution in [0.4, 0.5) is 5.69 Å². The number of likely N-dealkylation sites (N-methyl/N-ethyl adjacent to an activating group) is 1. The highest BCUT2D eigenvalue weighted by atomic mass is 16.1. The Balaban J connectivity index is 2.08. The molecule has 15 heavy (non-hydrogen) atoms. The first-order chi connectivity index (χ1) is 7.20. The Morgan fingerprint density at radius 1 is 1.33 bits per heavy atom. The van der Waals surface area contributed by atoms with E-state index in [0.717, 1.165) is 18.8 Å². The molecule has 3 rings (SSSR count). The van der Waals surface area contributed by atoms with Crippen LogP contribution in [0.25, 0.3) is 0 Å². The molecule has 1 spiro atoms. The lowest BCUT2D eigenvalue weighted by Gasteiger charge is -2.51. The third-order valence-electron chi connectivity index (χ3n) is 3.42. The van der Waals surface area contributed by atoms with Crippen molar-refractivity contribution in [3.8, 4) is 0 Å². The number of carbonyl (C=O) groups is 1. The van der Waals surface area contributed by atoms with Crippen molar-refractivity contribution in [1.82, 2.24) is 4.90 Å². The van der Waals surface area contributed by atoms with Gasteiger partial charge < -0.3 is 10.2 Å². The van der Waals surface area contributed by atoms with Gasteiger partial charge in [-0.05, 0) is 18.7 Å². The van der Waals surface area contributed by atoms with Crippen molar-refractivity contribution >= 4 is 11.6 Å². The maximum Gasteiger partial charge on any atom is 0.225 e. The lowest BCUT2D eigenvalue weighted by Crippen LogP contribution is -2.60. The highest BCUT2D eigenvalue weighted by molar-refractivity contribution is 5.95. The van der Waals surface area contributed by atoms with E-state index in [-0.39, 0.29) is 11.3 Å². The van der Waals surface area contributed by atoms with E-state index in [0.29, 0.717) is 6.42 Å². The molecule has 1 aromatic carbocycles. The molecule has 78 valence electrons. The molecule has 1 amide bonds. The Bertz CT molecular complexity index is 421. The predicted molar refractivity (Wildman–Crippen MR) is 58.9 cm³/mol. The van der Waals surface area contributed by atoms with Gasteiger partial charge in [0.15, 0.2) is 0 Å². The monoisotopic (exact) mass is 202 g/mol. The van der Waals surface area contributed by atoms with Gasteiger partial charge in [0, 0.05) is 30.6 Å². The smallest absolute Gasteiger partial charge is 0.225 e. The van der Waals surface area contributed by atoms with Gasteiger partial charge in [-0.1, -0.05) is 18.2 Å². The van der Waals surface area contributed by atoms with Crippen molar-refractivity contribution in [2.75, 3.05) is 25.5 Å². The van der Waals surface area contributed by atoms with Crippen LogP contribution in [0, 0.1) is 0 Å². The summed E-state index contributed by atoms with van der Waals surface area (Å²) in [6, 6.07) is 8.16. The van der Waals surface area contributed by atoms with Crippen molar-refractivity contribution in [2.45, 2.75) is 11.8 Å². The van der Waals surface area contributed by atoms with E-state index < -0.39 is 0 Å². The number of nitrogens with one attached hydrogen (secondary N) is 1. The quantitative estimate of drug-likeness (QED) is 0.686. The Morgan fingerprint density at radius 2 is 2.07 bits per heavy atom. The molecule has 3 nitrogen and oxygen atoms in total. The molecule has 0 aliphatic carbocycles. The zero-order valence-electron chi connectivity index (χ0n) is 8.79. The zero-order chi connectivity index (χ0) is 10.5. The van der Waals surface area contributed by atoms with Crippen LogP contribution in [-0.2, 0) is 10.2 Å². The summed E-state index contributed by atoms with van der Waals surface area (Å²) in [6.07, 6.45) is 0.633. The maximum atomic E-state index is 11.6. The average Bonchev–Trinajstić information content (AvgIpc) is 2.15. The molecule has 1 aromatic rings. The van der Waals surface area contributed by atoms with E-state index in [4.69, 9.17) is 0 Å². The van der Waals surface area contributed by atoms with Crippen LogP contribution in [0.3, 0.4) is 0 Å². The van der Waals surface area contributed by atoms with E-state index in [9.17, 15) is 4.79 Å². The van der Waals surface area contributed by atoms with Gasteiger partial charge in [-0.3, -0.25) is 4.79 Å². The molecule has 0 radical (unpaired) electrons. The van der Waals surface area contributed by atoms with Crippen molar-refractivity contribution in [2.24, 2.45) is 0 Å². The molecule has 0 unspecified atom stereocenters. The number of amides is 1. The standard InChI is InChI=1S/C12H14N2O/c1-14-7-12(8-14)6-11(15)13-10-5-3-2-4-9(10)12/h2-5H,6-8H2,1H3,(H,13,15). The number of benzene rings is 1. The average molecular weight is 202 g/mol. The van der Waals surface area contributed by atoms with Crippen molar-refractivity contribution < 1.29 is 4.79 Å². The largest absolute Gasteiger partial charge is 0.326 e. The summed E-state index contributed by atoms with van der Waals surface area (Å²) in [5.41, 5.74) is 2.40. The Hall–Kier alpha value is -1.35. The molecule has 0 bridgehead atoms.